The van der Waals surface area contributed by atoms with E-state index in [9.17, 15) is 4.79 Å². The lowest BCUT2D eigenvalue weighted by Crippen LogP contribution is -2.09. The molecule has 0 saturated carbocycles. The molecule has 1 atom stereocenters. The maximum atomic E-state index is 11.0. The molecule has 0 bridgehead atoms. The van der Waals surface area contributed by atoms with E-state index in [4.69, 9.17) is 14.9 Å². The van der Waals surface area contributed by atoms with Crippen molar-refractivity contribution in [2.45, 2.75) is 20.0 Å². The molecule has 0 fully saturated rings. The second-order valence-electron chi connectivity index (χ2n) is 4.25. The summed E-state index contributed by atoms with van der Waals surface area (Å²) in [5.41, 5.74) is 7.16. The van der Waals surface area contributed by atoms with Crippen LogP contribution in [0.2, 0.25) is 0 Å². The molecule has 1 unspecified atom stereocenters. The SMILES string of the molecule is CCOC(C)c1ccc(-c2ccc(C(N)=O)o2)cc1. The summed E-state index contributed by atoms with van der Waals surface area (Å²) < 4.78 is 10.9. The quantitative estimate of drug-likeness (QED) is 0.897. The minimum atomic E-state index is -0.562. The molecule has 1 amide bonds. The molecule has 1 aromatic heterocycles. The number of nitrogens with two attached hydrogens (primary N) is 1. The summed E-state index contributed by atoms with van der Waals surface area (Å²) in [6, 6.07) is 11.2. The zero-order valence-electron chi connectivity index (χ0n) is 11.1. The van der Waals surface area contributed by atoms with Gasteiger partial charge in [-0.2, -0.15) is 0 Å². The zero-order valence-corrected chi connectivity index (χ0v) is 11.1. The number of benzene rings is 1. The molecular weight excluding hydrogens is 242 g/mol. The van der Waals surface area contributed by atoms with Crippen molar-refractivity contribution in [2.24, 2.45) is 5.73 Å². The Morgan fingerprint density at radius 2 is 1.95 bits per heavy atom. The average Bonchev–Trinajstić information content (AvgIpc) is 2.89. The lowest BCUT2D eigenvalue weighted by atomic mass is 10.1. The van der Waals surface area contributed by atoms with Crippen LogP contribution in [-0.4, -0.2) is 12.5 Å². The van der Waals surface area contributed by atoms with Gasteiger partial charge in [-0.1, -0.05) is 24.3 Å². The minimum absolute atomic E-state index is 0.0665. The highest BCUT2D eigenvalue weighted by Gasteiger charge is 2.10. The normalized spacial score (nSPS) is 12.3. The van der Waals surface area contributed by atoms with Gasteiger partial charge in [-0.15, -0.1) is 0 Å². The summed E-state index contributed by atoms with van der Waals surface area (Å²) in [4.78, 5) is 11.0. The van der Waals surface area contributed by atoms with Gasteiger partial charge in [0, 0.05) is 12.2 Å². The fraction of sp³-hybridized carbons (Fsp3) is 0.267. The Balaban J connectivity index is 2.19. The Bertz CT molecular complexity index is 557. The third-order valence-corrected chi connectivity index (χ3v) is 2.93. The van der Waals surface area contributed by atoms with Gasteiger partial charge < -0.3 is 14.9 Å². The van der Waals surface area contributed by atoms with Crippen LogP contribution < -0.4 is 5.73 Å². The maximum Gasteiger partial charge on any atom is 0.284 e. The summed E-state index contributed by atoms with van der Waals surface area (Å²) in [5, 5.41) is 0. The number of hydrogen-bond donors (Lipinski definition) is 1. The third-order valence-electron chi connectivity index (χ3n) is 2.93. The zero-order chi connectivity index (χ0) is 13.8. The summed E-state index contributed by atoms with van der Waals surface area (Å²) in [5.74, 6) is 0.235. The van der Waals surface area contributed by atoms with Gasteiger partial charge in [-0.3, -0.25) is 4.79 Å². The predicted molar refractivity (Wildman–Crippen MR) is 72.7 cm³/mol. The lowest BCUT2D eigenvalue weighted by molar-refractivity contribution is 0.0764. The van der Waals surface area contributed by atoms with Crippen LogP contribution in [0.4, 0.5) is 0 Å². The molecule has 0 saturated heterocycles. The minimum Gasteiger partial charge on any atom is -0.451 e. The monoisotopic (exact) mass is 259 g/mol. The highest BCUT2D eigenvalue weighted by atomic mass is 16.5. The molecule has 0 spiro atoms. The second kappa shape index (κ2) is 5.71. The fourth-order valence-electron chi connectivity index (χ4n) is 1.89. The molecule has 0 radical (unpaired) electrons. The molecule has 0 aliphatic carbocycles. The number of ether oxygens (including phenoxy) is 1. The topological polar surface area (TPSA) is 65.5 Å². The van der Waals surface area contributed by atoms with Gasteiger partial charge in [-0.25, -0.2) is 0 Å². The van der Waals surface area contributed by atoms with E-state index in [1.807, 2.05) is 38.1 Å². The van der Waals surface area contributed by atoms with Crippen LogP contribution in [0.5, 0.6) is 0 Å². The molecule has 2 N–H and O–H groups in total. The van der Waals surface area contributed by atoms with Gasteiger partial charge in [0.2, 0.25) is 0 Å². The first-order valence-electron chi connectivity index (χ1n) is 6.23. The Morgan fingerprint density at radius 1 is 1.26 bits per heavy atom. The molecular formula is C15H17NO3. The van der Waals surface area contributed by atoms with E-state index >= 15 is 0 Å². The van der Waals surface area contributed by atoms with Crippen LogP contribution in [0.1, 0.15) is 36.1 Å². The highest BCUT2D eigenvalue weighted by molar-refractivity contribution is 5.90. The first-order valence-corrected chi connectivity index (χ1v) is 6.23. The van der Waals surface area contributed by atoms with Crippen molar-refractivity contribution in [3.63, 3.8) is 0 Å². The number of primary amides is 1. The van der Waals surface area contributed by atoms with E-state index in [2.05, 4.69) is 0 Å². The Labute approximate surface area is 112 Å². The molecule has 1 aromatic carbocycles. The smallest absolute Gasteiger partial charge is 0.284 e. The van der Waals surface area contributed by atoms with Crippen molar-refractivity contribution in [1.82, 2.24) is 0 Å². The average molecular weight is 259 g/mol. The van der Waals surface area contributed by atoms with Crippen LogP contribution in [0, 0.1) is 0 Å². The molecule has 2 rings (SSSR count). The number of carbonyl (C=O) groups excluding carboxylic acids is 1. The number of furan rings is 1. The van der Waals surface area contributed by atoms with Crippen LogP contribution >= 0.6 is 0 Å². The van der Waals surface area contributed by atoms with Crippen molar-refractivity contribution in [2.75, 3.05) is 6.61 Å². The molecule has 0 aliphatic rings. The fourth-order valence-corrected chi connectivity index (χ4v) is 1.89. The summed E-state index contributed by atoms with van der Waals surface area (Å²) >= 11 is 0. The first-order chi connectivity index (χ1) is 9.11. The van der Waals surface area contributed by atoms with Crippen molar-refractivity contribution < 1.29 is 13.9 Å². The van der Waals surface area contributed by atoms with E-state index in [0.29, 0.717) is 12.4 Å². The van der Waals surface area contributed by atoms with E-state index < -0.39 is 5.91 Å². The maximum absolute atomic E-state index is 11.0. The van der Waals surface area contributed by atoms with Gasteiger partial charge >= 0.3 is 0 Å². The largest absolute Gasteiger partial charge is 0.451 e. The van der Waals surface area contributed by atoms with E-state index in [1.54, 1.807) is 12.1 Å². The second-order valence-corrected chi connectivity index (χ2v) is 4.25. The molecule has 4 nitrogen and oxygen atoms in total. The molecule has 100 valence electrons. The third kappa shape index (κ3) is 3.03. The summed E-state index contributed by atoms with van der Waals surface area (Å²) in [6.45, 7) is 4.67. The highest BCUT2D eigenvalue weighted by Crippen LogP contribution is 2.25. The lowest BCUT2D eigenvalue weighted by Gasteiger charge is -2.11. The number of carbonyl (C=O) groups is 1. The molecule has 1 heterocycles. The molecule has 2 aromatic rings. The number of hydrogen-bond acceptors (Lipinski definition) is 3. The Morgan fingerprint density at radius 3 is 2.47 bits per heavy atom. The summed E-state index contributed by atoms with van der Waals surface area (Å²) in [7, 11) is 0. The van der Waals surface area contributed by atoms with Crippen LogP contribution in [0.15, 0.2) is 40.8 Å². The molecule has 0 aliphatic heterocycles. The van der Waals surface area contributed by atoms with Crippen molar-refractivity contribution in [3.8, 4) is 11.3 Å². The van der Waals surface area contributed by atoms with E-state index in [-0.39, 0.29) is 11.9 Å². The van der Waals surface area contributed by atoms with Crippen LogP contribution in [0.25, 0.3) is 11.3 Å². The Hall–Kier alpha value is -2.07. The van der Waals surface area contributed by atoms with Crippen molar-refractivity contribution >= 4 is 5.91 Å². The number of amides is 1. The van der Waals surface area contributed by atoms with E-state index in [1.165, 1.54) is 0 Å². The van der Waals surface area contributed by atoms with Crippen molar-refractivity contribution in [3.05, 3.63) is 47.7 Å². The van der Waals surface area contributed by atoms with E-state index in [0.717, 1.165) is 11.1 Å². The van der Waals surface area contributed by atoms with Crippen molar-refractivity contribution in [1.29, 1.82) is 0 Å². The standard InChI is InChI=1S/C15H17NO3/c1-3-18-10(2)11-4-6-12(7-5-11)13-8-9-14(19-13)15(16)17/h4-10H,3H2,1-2H3,(H2,16,17). The van der Waals surface area contributed by atoms with Gasteiger partial charge in [0.05, 0.1) is 6.10 Å². The van der Waals surface area contributed by atoms with Gasteiger partial charge in [0.15, 0.2) is 5.76 Å². The molecule has 19 heavy (non-hydrogen) atoms. The first kappa shape index (κ1) is 13.4. The van der Waals surface area contributed by atoms with Crippen LogP contribution in [-0.2, 0) is 4.74 Å². The van der Waals surface area contributed by atoms with Gasteiger partial charge in [0.25, 0.3) is 5.91 Å². The predicted octanol–water partition coefficient (Wildman–Crippen LogP) is 3.14. The number of rotatable bonds is 5. The van der Waals surface area contributed by atoms with Gasteiger partial charge in [0.1, 0.15) is 5.76 Å². The Kier molecular flexibility index (Phi) is 4.02. The molecule has 4 heteroatoms. The van der Waals surface area contributed by atoms with Gasteiger partial charge in [-0.05, 0) is 31.5 Å². The summed E-state index contributed by atoms with van der Waals surface area (Å²) in [6.07, 6.45) is 0.0665. The van der Waals surface area contributed by atoms with Crippen LogP contribution in [0.3, 0.4) is 0 Å².